The van der Waals surface area contributed by atoms with Crippen molar-refractivity contribution >= 4 is 11.2 Å². The number of nitrogens with zero attached hydrogens (tertiary/aromatic N) is 3. The molecule has 142 valence electrons. The summed E-state index contributed by atoms with van der Waals surface area (Å²) in [4.78, 5) is 16.9. The number of ether oxygens (including phenoxy) is 1. The van der Waals surface area contributed by atoms with E-state index >= 15 is 0 Å². The summed E-state index contributed by atoms with van der Waals surface area (Å²) in [6.45, 7) is 2.53. The number of aromatic nitrogens is 3. The lowest BCUT2D eigenvalue weighted by Gasteiger charge is -2.26. The van der Waals surface area contributed by atoms with Gasteiger partial charge in [0.15, 0.2) is 5.65 Å². The molecule has 4 rings (SSSR count). The van der Waals surface area contributed by atoms with Crippen molar-refractivity contribution in [2.24, 2.45) is 7.05 Å². The maximum Gasteiger partial charge on any atom is 0.416 e. The van der Waals surface area contributed by atoms with Crippen LogP contribution in [0.3, 0.4) is 0 Å². The van der Waals surface area contributed by atoms with Crippen LogP contribution in [0.4, 0.5) is 13.2 Å². The monoisotopic (exact) mass is 377 g/mol. The predicted octanol–water partition coefficient (Wildman–Crippen LogP) is 3.52. The summed E-state index contributed by atoms with van der Waals surface area (Å²) in [6, 6.07) is 5.81. The Morgan fingerprint density at radius 1 is 1.33 bits per heavy atom. The number of imidazole rings is 1. The molecule has 1 saturated heterocycles. The van der Waals surface area contributed by atoms with Crippen molar-refractivity contribution in [3.63, 3.8) is 0 Å². The zero-order valence-electron chi connectivity index (χ0n) is 14.9. The molecule has 0 saturated carbocycles. The van der Waals surface area contributed by atoms with Crippen molar-refractivity contribution in [2.75, 3.05) is 6.61 Å². The van der Waals surface area contributed by atoms with Gasteiger partial charge in [-0.1, -0.05) is 12.1 Å². The van der Waals surface area contributed by atoms with Gasteiger partial charge in [0.25, 0.3) is 0 Å². The number of fused-ring (bicyclic) bond motifs is 1. The number of halogens is 3. The first-order valence-electron chi connectivity index (χ1n) is 8.61. The van der Waals surface area contributed by atoms with Crippen LogP contribution in [0.5, 0.6) is 0 Å². The molecule has 27 heavy (non-hydrogen) atoms. The standard InChI is InChI=1S/C19H18F3N3O2/c1-11-14(4-3-5-15(11)19(20,21)22)12-8-16-17(23-9-12)24(2)18(26)25(16)10-13-6-7-27-13/h3-5,8-9,13H,6-7,10H2,1-2H3. The molecule has 3 aromatic rings. The molecular weight excluding hydrogens is 359 g/mol. The van der Waals surface area contributed by atoms with Crippen LogP contribution in [0.25, 0.3) is 22.3 Å². The Balaban J connectivity index is 1.87. The van der Waals surface area contributed by atoms with E-state index in [1.165, 1.54) is 23.8 Å². The lowest BCUT2D eigenvalue weighted by Crippen LogP contribution is -2.35. The minimum Gasteiger partial charge on any atom is -0.376 e. The van der Waals surface area contributed by atoms with Crippen molar-refractivity contribution in [1.29, 1.82) is 0 Å². The Morgan fingerprint density at radius 3 is 2.70 bits per heavy atom. The molecule has 0 spiro atoms. The van der Waals surface area contributed by atoms with Crippen LogP contribution in [0.1, 0.15) is 17.5 Å². The van der Waals surface area contributed by atoms with Crippen LogP contribution in [0.2, 0.25) is 0 Å². The van der Waals surface area contributed by atoms with Crippen molar-refractivity contribution in [2.45, 2.75) is 32.2 Å². The van der Waals surface area contributed by atoms with Crippen molar-refractivity contribution < 1.29 is 17.9 Å². The second kappa shape index (κ2) is 6.23. The molecule has 8 heteroatoms. The van der Waals surface area contributed by atoms with Gasteiger partial charge in [0.05, 0.1) is 23.7 Å². The Kier molecular flexibility index (Phi) is 4.10. The first kappa shape index (κ1) is 17.8. The highest BCUT2D eigenvalue weighted by molar-refractivity contribution is 5.80. The van der Waals surface area contributed by atoms with Gasteiger partial charge in [-0.25, -0.2) is 9.78 Å². The molecule has 1 aromatic carbocycles. The molecule has 0 amide bonds. The highest BCUT2D eigenvalue weighted by Crippen LogP contribution is 2.36. The number of pyridine rings is 1. The maximum absolute atomic E-state index is 13.2. The summed E-state index contributed by atoms with van der Waals surface area (Å²) in [5, 5.41) is 0. The number of benzene rings is 1. The third-order valence-corrected chi connectivity index (χ3v) is 5.10. The van der Waals surface area contributed by atoms with E-state index in [9.17, 15) is 18.0 Å². The van der Waals surface area contributed by atoms with E-state index in [0.717, 1.165) is 12.5 Å². The van der Waals surface area contributed by atoms with Gasteiger partial charge in [-0.05, 0) is 36.6 Å². The van der Waals surface area contributed by atoms with Crippen molar-refractivity contribution in [3.8, 4) is 11.1 Å². The van der Waals surface area contributed by atoms with E-state index in [1.54, 1.807) is 23.7 Å². The topological polar surface area (TPSA) is 49.1 Å². The van der Waals surface area contributed by atoms with Gasteiger partial charge < -0.3 is 4.74 Å². The van der Waals surface area contributed by atoms with Crippen LogP contribution in [-0.2, 0) is 24.5 Å². The minimum atomic E-state index is -4.42. The van der Waals surface area contributed by atoms with E-state index in [2.05, 4.69) is 4.98 Å². The van der Waals surface area contributed by atoms with Crippen LogP contribution in [0.15, 0.2) is 35.3 Å². The molecule has 1 aliphatic rings. The molecule has 1 fully saturated rings. The highest BCUT2D eigenvalue weighted by Gasteiger charge is 2.33. The number of hydrogen-bond acceptors (Lipinski definition) is 3. The summed E-state index contributed by atoms with van der Waals surface area (Å²) in [5.41, 5.74) is 1.32. The number of alkyl halides is 3. The van der Waals surface area contributed by atoms with Crippen molar-refractivity contribution in [1.82, 2.24) is 14.1 Å². The van der Waals surface area contributed by atoms with Gasteiger partial charge in [-0.3, -0.25) is 9.13 Å². The van der Waals surface area contributed by atoms with Gasteiger partial charge in [0.2, 0.25) is 0 Å². The summed E-state index contributed by atoms with van der Waals surface area (Å²) in [7, 11) is 1.63. The minimum absolute atomic E-state index is 0.0211. The summed E-state index contributed by atoms with van der Waals surface area (Å²) >= 11 is 0. The molecule has 0 bridgehead atoms. The smallest absolute Gasteiger partial charge is 0.376 e. The maximum atomic E-state index is 13.2. The molecule has 1 atom stereocenters. The molecule has 0 radical (unpaired) electrons. The Bertz CT molecular complexity index is 1080. The zero-order chi connectivity index (χ0) is 19.3. The van der Waals surface area contributed by atoms with Crippen LogP contribution in [0, 0.1) is 6.92 Å². The fourth-order valence-corrected chi connectivity index (χ4v) is 3.49. The third kappa shape index (κ3) is 2.93. The van der Waals surface area contributed by atoms with E-state index in [-0.39, 0.29) is 17.4 Å². The van der Waals surface area contributed by atoms with Crippen molar-refractivity contribution in [3.05, 3.63) is 52.1 Å². The average molecular weight is 377 g/mol. The Hall–Kier alpha value is -2.61. The molecule has 0 aliphatic carbocycles. The molecule has 1 aliphatic heterocycles. The average Bonchev–Trinajstić information content (AvgIpc) is 2.81. The number of hydrogen-bond donors (Lipinski definition) is 0. The molecule has 0 N–H and O–H groups in total. The van der Waals surface area contributed by atoms with Gasteiger partial charge in [-0.2, -0.15) is 13.2 Å². The van der Waals surface area contributed by atoms with Crippen LogP contribution >= 0.6 is 0 Å². The number of aryl methyl sites for hydroxylation is 1. The second-order valence-corrected chi connectivity index (χ2v) is 6.78. The van der Waals surface area contributed by atoms with Crippen LogP contribution in [-0.4, -0.2) is 26.8 Å². The quantitative estimate of drug-likeness (QED) is 0.702. The number of rotatable bonds is 3. The van der Waals surface area contributed by atoms with E-state index in [1.807, 2.05) is 0 Å². The molecular formula is C19H18F3N3O2. The highest BCUT2D eigenvalue weighted by atomic mass is 19.4. The zero-order valence-corrected chi connectivity index (χ0v) is 14.9. The fraction of sp³-hybridized carbons (Fsp3) is 0.368. The lowest BCUT2D eigenvalue weighted by molar-refractivity contribution is -0.138. The normalized spacial score (nSPS) is 17.3. The second-order valence-electron chi connectivity index (χ2n) is 6.78. The Morgan fingerprint density at radius 2 is 2.07 bits per heavy atom. The lowest BCUT2D eigenvalue weighted by atomic mass is 9.97. The fourth-order valence-electron chi connectivity index (χ4n) is 3.49. The van der Waals surface area contributed by atoms with E-state index < -0.39 is 11.7 Å². The summed E-state index contributed by atoms with van der Waals surface area (Å²) in [5.74, 6) is 0. The van der Waals surface area contributed by atoms with E-state index in [4.69, 9.17) is 4.74 Å². The SMILES string of the molecule is Cc1c(-c2cnc3c(c2)n(CC2CCO2)c(=O)n3C)cccc1C(F)(F)F. The molecule has 5 nitrogen and oxygen atoms in total. The van der Waals surface area contributed by atoms with Gasteiger partial charge >= 0.3 is 11.9 Å². The molecule has 2 aromatic heterocycles. The summed E-state index contributed by atoms with van der Waals surface area (Å²) in [6.07, 6.45) is -2.06. The summed E-state index contributed by atoms with van der Waals surface area (Å²) < 4.78 is 48.1. The molecule has 1 unspecified atom stereocenters. The molecule has 3 heterocycles. The van der Waals surface area contributed by atoms with Gasteiger partial charge in [0, 0.05) is 25.4 Å². The van der Waals surface area contributed by atoms with Crippen LogP contribution < -0.4 is 5.69 Å². The third-order valence-electron chi connectivity index (χ3n) is 5.10. The van der Waals surface area contributed by atoms with E-state index in [0.29, 0.717) is 35.4 Å². The Labute approximate surface area is 153 Å². The van der Waals surface area contributed by atoms with Gasteiger partial charge in [-0.15, -0.1) is 0 Å². The largest absolute Gasteiger partial charge is 0.416 e. The first-order chi connectivity index (χ1) is 12.8. The first-order valence-corrected chi connectivity index (χ1v) is 8.61. The predicted molar refractivity (Wildman–Crippen MR) is 94.5 cm³/mol. The van der Waals surface area contributed by atoms with Gasteiger partial charge in [0.1, 0.15) is 0 Å².